The van der Waals surface area contributed by atoms with Crippen molar-refractivity contribution in [2.24, 2.45) is 0 Å². The second-order valence-corrected chi connectivity index (χ2v) is 5.90. The highest BCUT2D eigenvalue weighted by atomic mass is 35.5. The zero-order valence-electron chi connectivity index (χ0n) is 11.5. The number of amides is 2. The maximum Gasteiger partial charge on any atom is 0.335 e. The minimum absolute atomic E-state index is 0.0191. The molecule has 1 aliphatic rings. The molecule has 1 aromatic rings. The number of piperidine rings is 1. The van der Waals surface area contributed by atoms with E-state index in [1.807, 2.05) is 6.92 Å². The van der Waals surface area contributed by atoms with E-state index in [-0.39, 0.29) is 33.4 Å². The molecule has 2 rings (SSSR count). The lowest BCUT2D eigenvalue weighted by molar-refractivity contribution is 0.0697. The van der Waals surface area contributed by atoms with Crippen molar-refractivity contribution in [3.8, 4) is 0 Å². The average molecular weight is 331 g/mol. The Bertz CT molecular complexity index is 554. The Morgan fingerprint density at radius 3 is 2.43 bits per heavy atom. The minimum Gasteiger partial charge on any atom is -0.478 e. The van der Waals surface area contributed by atoms with Gasteiger partial charge in [-0.3, -0.25) is 0 Å². The third kappa shape index (κ3) is 3.60. The maximum atomic E-state index is 12.3. The molecule has 0 saturated carbocycles. The molecule has 0 bridgehead atoms. The van der Waals surface area contributed by atoms with Gasteiger partial charge >= 0.3 is 12.0 Å². The van der Waals surface area contributed by atoms with Crippen molar-refractivity contribution in [3.05, 3.63) is 27.7 Å². The number of rotatable bonds is 2. The van der Waals surface area contributed by atoms with E-state index >= 15 is 0 Å². The molecule has 21 heavy (non-hydrogen) atoms. The first kappa shape index (κ1) is 15.9. The third-order valence-electron chi connectivity index (χ3n) is 3.58. The molecular formula is C14H16Cl2N2O3. The molecule has 1 heterocycles. The molecule has 0 aliphatic carbocycles. The van der Waals surface area contributed by atoms with Crippen LogP contribution >= 0.6 is 23.2 Å². The molecule has 0 aromatic heterocycles. The van der Waals surface area contributed by atoms with E-state index in [2.05, 4.69) is 5.32 Å². The molecular weight excluding hydrogens is 315 g/mol. The van der Waals surface area contributed by atoms with Crippen LogP contribution in [-0.4, -0.2) is 34.6 Å². The predicted octanol–water partition coefficient (Wildman–Crippen LogP) is 4.10. The smallest absolute Gasteiger partial charge is 0.335 e. The van der Waals surface area contributed by atoms with Crippen molar-refractivity contribution in [3.63, 3.8) is 0 Å². The number of carbonyl (C=O) groups excluding carboxylic acids is 1. The summed E-state index contributed by atoms with van der Waals surface area (Å²) < 4.78 is 0. The van der Waals surface area contributed by atoms with Gasteiger partial charge < -0.3 is 15.3 Å². The van der Waals surface area contributed by atoms with E-state index in [1.165, 1.54) is 12.1 Å². The van der Waals surface area contributed by atoms with Gasteiger partial charge in [0, 0.05) is 12.6 Å². The monoisotopic (exact) mass is 330 g/mol. The topological polar surface area (TPSA) is 69.6 Å². The van der Waals surface area contributed by atoms with E-state index in [4.69, 9.17) is 28.3 Å². The van der Waals surface area contributed by atoms with Gasteiger partial charge in [-0.15, -0.1) is 0 Å². The van der Waals surface area contributed by atoms with Crippen molar-refractivity contribution in [2.75, 3.05) is 11.9 Å². The number of anilines is 1. The number of benzene rings is 1. The van der Waals surface area contributed by atoms with Crippen LogP contribution in [-0.2, 0) is 0 Å². The molecule has 2 N–H and O–H groups in total. The maximum absolute atomic E-state index is 12.3. The number of likely N-dealkylation sites (tertiary alicyclic amines) is 1. The van der Waals surface area contributed by atoms with Gasteiger partial charge in [0.05, 0.1) is 21.3 Å². The summed E-state index contributed by atoms with van der Waals surface area (Å²) in [6, 6.07) is 2.43. The van der Waals surface area contributed by atoms with Crippen LogP contribution in [0.5, 0.6) is 0 Å². The first-order valence-corrected chi connectivity index (χ1v) is 7.45. The summed E-state index contributed by atoms with van der Waals surface area (Å²) in [5, 5.41) is 11.8. The van der Waals surface area contributed by atoms with Gasteiger partial charge in [0.1, 0.15) is 0 Å². The van der Waals surface area contributed by atoms with E-state index in [0.29, 0.717) is 6.54 Å². The second-order valence-electron chi connectivity index (χ2n) is 5.09. The molecule has 1 unspecified atom stereocenters. The van der Waals surface area contributed by atoms with Gasteiger partial charge in [-0.25, -0.2) is 9.59 Å². The number of nitrogens with one attached hydrogen (secondary N) is 1. The van der Waals surface area contributed by atoms with Crippen molar-refractivity contribution >= 4 is 40.9 Å². The molecule has 0 radical (unpaired) electrons. The first-order valence-electron chi connectivity index (χ1n) is 6.70. The van der Waals surface area contributed by atoms with Crippen molar-refractivity contribution in [1.29, 1.82) is 0 Å². The van der Waals surface area contributed by atoms with Crippen LogP contribution in [0.25, 0.3) is 0 Å². The van der Waals surface area contributed by atoms with Gasteiger partial charge in [0.25, 0.3) is 0 Å². The summed E-state index contributed by atoms with van der Waals surface area (Å²) in [4.78, 5) is 24.9. The highest BCUT2D eigenvalue weighted by Gasteiger charge is 2.24. The number of nitrogens with zero attached hydrogens (tertiary/aromatic N) is 1. The molecule has 114 valence electrons. The molecule has 1 aromatic carbocycles. The molecule has 1 aliphatic heterocycles. The SMILES string of the molecule is CC1CCCCN1C(=O)Nc1c(Cl)cc(C(=O)O)cc1Cl. The van der Waals surface area contributed by atoms with Crippen LogP contribution in [0.2, 0.25) is 10.0 Å². The molecule has 1 fully saturated rings. The first-order chi connectivity index (χ1) is 9.90. The van der Waals surface area contributed by atoms with Gasteiger partial charge in [-0.2, -0.15) is 0 Å². The Kier molecular flexibility index (Phi) is 4.96. The molecule has 7 heteroatoms. The lowest BCUT2D eigenvalue weighted by atomic mass is 10.0. The zero-order valence-corrected chi connectivity index (χ0v) is 13.0. The van der Waals surface area contributed by atoms with Gasteiger partial charge in [-0.1, -0.05) is 23.2 Å². The summed E-state index contributed by atoms with van der Waals surface area (Å²) in [5.41, 5.74) is 0.223. The Hall–Kier alpha value is -1.46. The lowest BCUT2D eigenvalue weighted by Gasteiger charge is -2.33. The van der Waals surface area contributed by atoms with Gasteiger partial charge in [-0.05, 0) is 38.3 Å². The highest BCUT2D eigenvalue weighted by Crippen LogP contribution is 2.32. The molecule has 2 amide bonds. The van der Waals surface area contributed by atoms with Gasteiger partial charge in [0.2, 0.25) is 0 Å². The number of carbonyl (C=O) groups is 2. The second kappa shape index (κ2) is 6.54. The van der Waals surface area contributed by atoms with E-state index in [9.17, 15) is 9.59 Å². The number of urea groups is 1. The molecule has 5 nitrogen and oxygen atoms in total. The van der Waals surface area contributed by atoms with E-state index < -0.39 is 5.97 Å². The van der Waals surface area contributed by atoms with Crippen LogP contribution in [0.15, 0.2) is 12.1 Å². The summed E-state index contributed by atoms with van der Waals surface area (Å²) in [6.07, 6.45) is 3.05. The van der Waals surface area contributed by atoms with Crippen molar-refractivity contribution in [2.45, 2.75) is 32.2 Å². The van der Waals surface area contributed by atoms with E-state index in [0.717, 1.165) is 19.3 Å². The summed E-state index contributed by atoms with van der Waals surface area (Å²) in [7, 11) is 0. The number of carboxylic acids is 1. The third-order valence-corrected chi connectivity index (χ3v) is 4.18. The number of hydrogen-bond acceptors (Lipinski definition) is 2. The van der Waals surface area contributed by atoms with Crippen LogP contribution in [0, 0.1) is 0 Å². The normalized spacial score (nSPS) is 18.4. The van der Waals surface area contributed by atoms with Crippen LogP contribution in [0.4, 0.5) is 10.5 Å². The fourth-order valence-corrected chi connectivity index (χ4v) is 2.98. The standard InChI is InChI=1S/C14H16Cl2N2O3/c1-8-4-2-3-5-18(8)14(21)17-12-10(15)6-9(13(19)20)7-11(12)16/h6-8H,2-5H2,1H3,(H,17,21)(H,19,20). The van der Waals surface area contributed by atoms with Crippen LogP contribution in [0.3, 0.4) is 0 Å². The zero-order chi connectivity index (χ0) is 15.6. The van der Waals surface area contributed by atoms with Crippen molar-refractivity contribution < 1.29 is 14.7 Å². The summed E-state index contributed by atoms with van der Waals surface area (Å²) in [6.45, 7) is 2.69. The summed E-state index contributed by atoms with van der Waals surface area (Å²) >= 11 is 12.0. The molecule has 1 atom stereocenters. The van der Waals surface area contributed by atoms with E-state index in [1.54, 1.807) is 4.90 Å². The number of aromatic carboxylic acids is 1. The Labute approximate surface area is 132 Å². The molecule has 1 saturated heterocycles. The lowest BCUT2D eigenvalue weighted by Crippen LogP contribution is -2.44. The number of halogens is 2. The highest BCUT2D eigenvalue weighted by molar-refractivity contribution is 6.40. The number of carboxylic acid groups (broad SMARTS) is 1. The Morgan fingerprint density at radius 1 is 1.29 bits per heavy atom. The predicted molar refractivity (Wildman–Crippen MR) is 82.5 cm³/mol. The van der Waals surface area contributed by atoms with Crippen LogP contribution in [0.1, 0.15) is 36.5 Å². The fraction of sp³-hybridized carbons (Fsp3) is 0.429. The Balaban J connectivity index is 2.19. The quantitative estimate of drug-likeness (QED) is 0.857. The Morgan fingerprint density at radius 2 is 1.90 bits per heavy atom. The fourth-order valence-electron chi connectivity index (χ4n) is 2.39. The number of hydrogen-bond donors (Lipinski definition) is 2. The molecule has 0 spiro atoms. The van der Waals surface area contributed by atoms with Gasteiger partial charge in [0.15, 0.2) is 0 Å². The summed E-state index contributed by atoms with van der Waals surface area (Å²) in [5.74, 6) is -1.12. The van der Waals surface area contributed by atoms with Crippen molar-refractivity contribution in [1.82, 2.24) is 4.90 Å². The minimum atomic E-state index is -1.12. The van der Waals surface area contributed by atoms with Crippen LogP contribution < -0.4 is 5.32 Å². The largest absolute Gasteiger partial charge is 0.478 e. The average Bonchev–Trinajstić information content (AvgIpc) is 2.42.